The quantitative estimate of drug-likeness (QED) is 0.919. The highest BCUT2D eigenvalue weighted by Crippen LogP contribution is 2.23. The molecule has 1 aromatic heterocycles. The van der Waals surface area contributed by atoms with Crippen LogP contribution in [-0.4, -0.2) is 4.98 Å². The summed E-state index contributed by atoms with van der Waals surface area (Å²) in [4.78, 5) is 4.14. The van der Waals surface area contributed by atoms with Crippen LogP contribution in [0.25, 0.3) is 0 Å². The van der Waals surface area contributed by atoms with E-state index in [1.807, 2.05) is 37.3 Å². The molecule has 0 spiro atoms. The van der Waals surface area contributed by atoms with E-state index in [-0.39, 0.29) is 6.10 Å². The van der Waals surface area contributed by atoms with Crippen molar-refractivity contribution in [1.29, 1.82) is 0 Å². The van der Waals surface area contributed by atoms with E-state index in [0.717, 1.165) is 11.1 Å². The van der Waals surface area contributed by atoms with Crippen LogP contribution in [0.2, 0.25) is 5.02 Å². The van der Waals surface area contributed by atoms with Gasteiger partial charge < -0.3 is 10.5 Å². The van der Waals surface area contributed by atoms with Gasteiger partial charge in [0.2, 0.25) is 5.88 Å². The number of halogens is 1. The highest BCUT2D eigenvalue weighted by Gasteiger charge is 2.09. The van der Waals surface area contributed by atoms with Gasteiger partial charge in [0, 0.05) is 18.8 Å². The highest BCUT2D eigenvalue weighted by atomic mass is 35.5. The Kier molecular flexibility index (Phi) is 4.18. The van der Waals surface area contributed by atoms with Gasteiger partial charge in [-0.05, 0) is 18.1 Å². The minimum Gasteiger partial charge on any atom is -0.470 e. The molecule has 18 heavy (non-hydrogen) atoms. The van der Waals surface area contributed by atoms with Crippen molar-refractivity contribution in [2.24, 2.45) is 5.73 Å². The van der Waals surface area contributed by atoms with Crippen molar-refractivity contribution >= 4 is 11.6 Å². The first-order chi connectivity index (χ1) is 8.70. The largest absolute Gasteiger partial charge is 0.470 e. The van der Waals surface area contributed by atoms with E-state index in [9.17, 15) is 0 Å². The zero-order valence-corrected chi connectivity index (χ0v) is 10.9. The molecule has 0 aliphatic carbocycles. The Hall–Kier alpha value is -1.58. The zero-order chi connectivity index (χ0) is 13.0. The molecule has 2 N–H and O–H groups in total. The van der Waals surface area contributed by atoms with E-state index in [0.29, 0.717) is 17.4 Å². The summed E-state index contributed by atoms with van der Waals surface area (Å²) in [6.07, 6.45) is 1.50. The molecule has 0 fully saturated rings. The van der Waals surface area contributed by atoms with Crippen LogP contribution in [0, 0.1) is 0 Å². The maximum Gasteiger partial charge on any atom is 0.214 e. The summed E-state index contributed by atoms with van der Waals surface area (Å²) in [6, 6.07) is 11.8. The summed E-state index contributed by atoms with van der Waals surface area (Å²) >= 11 is 5.95. The summed E-state index contributed by atoms with van der Waals surface area (Å²) in [5.41, 5.74) is 7.53. The number of rotatable bonds is 4. The average molecular weight is 263 g/mol. The summed E-state index contributed by atoms with van der Waals surface area (Å²) in [5.74, 6) is 0.538. The number of hydrogen-bond donors (Lipinski definition) is 1. The third-order valence-electron chi connectivity index (χ3n) is 2.70. The van der Waals surface area contributed by atoms with Gasteiger partial charge in [-0.25, -0.2) is 4.98 Å². The van der Waals surface area contributed by atoms with E-state index >= 15 is 0 Å². The number of aromatic nitrogens is 1. The molecule has 0 amide bonds. The molecule has 4 heteroatoms. The molecule has 2 aromatic rings. The van der Waals surface area contributed by atoms with Gasteiger partial charge in [0.05, 0.1) is 5.02 Å². The van der Waals surface area contributed by atoms with Crippen molar-refractivity contribution in [3.8, 4) is 5.88 Å². The molecular weight excluding hydrogens is 248 g/mol. The second-order valence-electron chi connectivity index (χ2n) is 3.99. The van der Waals surface area contributed by atoms with Gasteiger partial charge in [0.1, 0.15) is 6.10 Å². The predicted molar refractivity (Wildman–Crippen MR) is 72.6 cm³/mol. The van der Waals surface area contributed by atoms with Crippen LogP contribution < -0.4 is 10.5 Å². The summed E-state index contributed by atoms with van der Waals surface area (Å²) in [6.45, 7) is 2.35. The molecule has 0 saturated heterocycles. The third kappa shape index (κ3) is 3.00. The van der Waals surface area contributed by atoms with Gasteiger partial charge >= 0.3 is 0 Å². The Morgan fingerprint density at radius 3 is 2.72 bits per heavy atom. The van der Waals surface area contributed by atoms with Crippen molar-refractivity contribution in [3.05, 3.63) is 58.7 Å². The fraction of sp³-hybridized carbons (Fsp3) is 0.214. The number of nitrogens with zero attached hydrogens (tertiary/aromatic N) is 1. The topological polar surface area (TPSA) is 48.1 Å². The monoisotopic (exact) mass is 262 g/mol. The second kappa shape index (κ2) is 5.85. The molecule has 0 saturated carbocycles. The summed E-state index contributed by atoms with van der Waals surface area (Å²) in [5, 5.41) is 0.567. The predicted octanol–water partition coefficient (Wildman–Crippen LogP) is 3.33. The minimum atomic E-state index is -0.0644. The van der Waals surface area contributed by atoms with Gasteiger partial charge in [-0.2, -0.15) is 0 Å². The Balaban J connectivity index is 2.14. The molecule has 0 bridgehead atoms. The lowest BCUT2D eigenvalue weighted by atomic mass is 10.1. The van der Waals surface area contributed by atoms with Crippen LogP contribution in [0.5, 0.6) is 5.88 Å². The minimum absolute atomic E-state index is 0.0644. The molecule has 0 aliphatic heterocycles. The van der Waals surface area contributed by atoms with E-state index < -0.39 is 0 Å². The standard InChI is InChI=1S/C14H15ClN2O/c1-10(11-5-3-2-4-6-11)18-14-7-12(8-16)13(15)9-17-14/h2-7,9-10H,8,16H2,1H3. The Morgan fingerprint density at radius 2 is 2.06 bits per heavy atom. The maximum atomic E-state index is 5.95. The van der Waals surface area contributed by atoms with E-state index in [4.69, 9.17) is 22.1 Å². The molecule has 1 aromatic carbocycles. The molecule has 2 rings (SSSR count). The lowest BCUT2D eigenvalue weighted by Crippen LogP contribution is -2.05. The van der Waals surface area contributed by atoms with E-state index in [2.05, 4.69) is 4.98 Å². The van der Waals surface area contributed by atoms with Gasteiger partial charge in [-0.1, -0.05) is 41.9 Å². The van der Waals surface area contributed by atoms with Crippen LogP contribution in [0.4, 0.5) is 0 Å². The number of nitrogens with two attached hydrogens (primary N) is 1. The van der Waals surface area contributed by atoms with Crippen molar-refractivity contribution in [1.82, 2.24) is 4.98 Å². The summed E-state index contributed by atoms with van der Waals surface area (Å²) < 4.78 is 5.77. The molecule has 1 unspecified atom stereocenters. The van der Waals surface area contributed by atoms with Gasteiger partial charge in [0.25, 0.3) is 0 Å². The van der Waals surface area contributed by atoms with Crippen LogP contribution in [0.1, 0.15) is 24.2 Å². The third-order valence-corrected chi connectivity index (χ3v) is 3.04. The molecule has 0 radical (unpaired) electrons. The Labute approximate surface area is 112 Å². The van der Waals surface area contributed by atoms with E-state index in [1.165, 1.54) is 0 Å². The van der Waals surface area contributed by atoms with E-state index in [1.54, 1.807) is 12.3 Å². The number of pyridine rings is 1. The molecule has 94 valence electrons. The second-order valence-corrected chi connectivity index (χ2v) is 4.40. The Morgan fingerprint density at radius 1 is 1.33 bits per heavy atom. The van der Waals surface area contributed by atoms with Crippen molar-refractivity contribution in [2.45, 2.75) is 19.6 Å². The fourth-order valence-corrected chi connectivity index (χ4v) is 1.83. The first kappa shape index (κ1) is 12.9. The van der Waals surface area contributed by atoms with Crippen LogP contribution in [0.15, 0.2) is 42.6 Å². The zero-order valence-electron chi connectivity index (χ0n) is 10.1. The lowest BCUT2D eigenvalue weighted by Gasteiger charge is -2.14. The van der Waals surface area contributed by atoms with Gasteiger partial charge in [0.15, 0.2) is 0 Å². The lowest BCUT2D eigenvalue weighted by molar-refractivity contribution is 0.217. The Bertz CT molecular complexity index is 516. The number of hydrogen-bond acceptors (Lipinski definition) is 3. The molecule has 0 aliphatic rings. The van der Waals surface area contributed by atoms with Crippen LogP contribution in [-0.2, 0) is 6.54 Å². The number of ether oxygens (including phenoxy) is 1. The maximum absolute atomic E-state index is 5.95. The smallest absolute Gasteiger partial charge is 0.214 e. The van der Waals surface area contributed by atoms with Crippen molar-refractivity contribution in [3.63, 3.8) is 0 Å². The van der Waals surface area contributed by atoms with Crippen LogP contribution >= 0.6 is 11.6 Å². The average Bonchev–Trinajstić information content (AvgIpc) is 2.42. The normalized spacial score (nSPS) is 12.2. The first-order valence-electron chi connectivity index (χ1n) is 5.77. The molecule has 1 heterocycles. The van der Waals surface area contributed by atoms with Gasteiger partial charge in [-0.15, -0.1) is 0 Å². The molecule has 1 atom stereocenters. The fourth-order valence-electron chi connectivity index (χ4n) is 1.65. The highest BCUT2D eigenvalue weighted by molar-refractivity contribution is 6.31. The van der Waals surface area contributed by atoms with Crippen molar-refractivity contribution in [2.75, 3.05) is 0 Å². The summed E-state index contributed by atoms with van der Waals surface area (Å²) in [7, 11) is 0. The SMILES string of the molecule is CC(Oc1cc(CN)c(Cl)cn1)c1ccccc1. The molecular formula is C14H15ClN2O. The number of benzene rings is 1. The molecule has 3 nitrogen and oxygen atoms in total. The van der Waals surface area contributed by atoms with Gasteiger partial charge in [-0.3, -0.25) is 0 Å². The first-order valence-corrected chi connectivity index (χ1v) is 6.14. The van der Waals surface area contributed by atoms with Crippen molar-refractivity contribution < 1.29 is 4.74 Å². The van der Waals surface area contributed by atoms with Crippen LogP contribution in [0.3, 0.4) is 0 Å².